The third-order valence-electron chi connectivity index (χ3n) is 1.86. The van der Waals surface area contributed by atoms with E-state index < -0.39 is 0 Å². The summed E-state index contributed by atoms with van der Waals surface area (Å²) in [5, 5.41) is 11.3. The second-order valence-corrected chi connectivity index (χ2v) is 3.93. The molecule has 0 heterocycles. The van der Waals surface area contributed by atoms with Crippen LogP contribution in [0.2, 0.25) is 0 Å². The van der Waals surface area contributed by atoms with Crippen molar-refractivity contribution in [3.8, 4) is 0 Å². The molecule has 0 aliphatic heterocycles. The Hall–Kier alpha value is -1.07. The second-order valence-electron chi connectivity index (χ2n) is 3.07. The monoisotopic (exact) mass is 272 g/mol. The molecule has 1 aromatic rings. The van der Waals surface area contributed by atoms with Gasteiger partial charge in [-0.3, -0.25) is 4.79 Å². The molecule has 0 aromatic heterocycles. The highest BCUT2D eigenvalue weighted by atomic mass is 79.9. The molecule has 4 N–H and O–H groups in total. The third-order valence-corrected chi connectivity index (χ3v) is 2.55. The number of amides is 1. The molecule has 5 heteroatoms. The predicted molar refractivity (Wildman–Crippen MR) is 62.6 cm³/mol. The van der Waals surface area contributed by atoms with Crippen molar-refractivity contribution in [1.29, 1.82) is 0 Å². The van der Waals surface area contributed by atoms with E-state index in [9.17, 15) is 4.79 Å². The number of aliphatic hydroxyl groups excluding tert-OH is 1. The van der Waals surface area contributed by atoms with Crippen molar-refractivity contribution in [2.45, 2.75) is 6.42 Å². The molecular formula is C10H13BrN2O2. The molecule has 0 unspecified atom stereocenters. The fourth-order valence-electron chi connectivity index (χ4n) is 1.09. The van der Waals surface area contributed by atoms with Gasteiger partial charge in [0.25, 0.3) is 5.91 Å². The lowest BCUT2D eigenvalue weighted by atomic mass is 10.2. The number of hydrogen-bond donors (Lipinski definition) is 3. The summed E-state index contributed by atoms with van der Waals surface area (Å²) < 4.78 is 0.707. The van der Waals surface area contributed by atoms with E-state index in [1.807, 2.05) is 0 Å². The number of aliphatic hydroxyl groups is 1. The summed E-state index contributed by atoms with van der Waals surface area (Å²) in [6.45, 7) is 0.523. The minimum atomic E-state index is -0.192. The molecule has 0 spiro atoms. The number of nitrogen functional groups attached to an aromatic ring is 1. The number of carbonyl (C=O) groups is 1. The first-order valence-electron chi connectivity index (χ1n) is 4.59. The van der Waals surface area contributed by atoms with E-state index in [2.05, 4.69) is 21.2 Å². The van der Waals surface area contributed by atoms with Crippen molar-refractivity contribution in [3.05, 3.63) is 28.2 Å². The van der Waals surface area contributed by atoms with Crippen LogP contribution in [0.15, 0.2) is 22.7 Å². The number of anilines is 1. The van der Waals surface area contributed by atoms with Gasteiger partial charge in [-0.05, 0) is 40.5 Å². The average Bonchev–Trinajstić information content (AvgIpc) is 2.22. The maximum atomic E-state index is 11.6. The first kappa shape index (κ1) is 12.0. The quantitative estimate of drug-likeness (QED) is 0.569. The molecule has 0 fully saturated rings. The van der Waals surface area contributed by atoms with Crippen molar-refractivity contribution < 1.29 is 9.90 Å². The van der Waals surface area contributed by atoms with Gasteiger partial charge in [0.15, 0.2) is 0 Å². The first-order valence-corrected chi connectivity index (χ1v) is 5.38. The van der Waals surface area contributed by atoms with E-state index in [1.165, 1.54) is 0 Å². The zero-order valence-electron chi connectivity index (χ0n) is 8.16. The normalized spacial score (nSPS) is 10.0. The number of hydrogen-bond acceptors (Lipinski definition) is 3. The molecule has 0 aliphatic carbocycles. The Balaban J connectivity index is 2.68. The molecule has 0 atom stereocenters. The van der Waals surface area contributed by atoms with Crippen LogP contribution in [0.5, 0.6) is 0 Å². The lowest BCUT2D eigenvalue weighted by molar-refractivity contribution is 0.0950. The molecule has 0 bridgehead atoms. The summed E-state index contributed by atoms with van der Waals surface area (Å²) in [6.07, 6.45) is 0.547. The summed E-state index contributed by atoms with van der Waals surface area (Å²) in [5.74, 6) is -0.192. The van der Waals surface area contributed by atoms with Crippen LogP contribution in [0, 0.1) is 0 Å². The van der Waals surface area contributed by atoms with E-state index in [1.54, 1.807) is 18.2 Å². The van der Waals surface area contributed by atoms with Crippen molar-refractivity contribution in [3.63, 3.8) is 0 Å². The van der Waals surface area contributed by atoms with Gasteiger partial charge in [0, 0.05) is 23.3 Å². The molecule has 1 rings (SSSR count). The zero-order chi connectivity index (χ0) is 11.3. The minimum Gasteiger partial charge on any atom is -0.399 e. The topological polar surface area (TPSA) is 75.4 Å². The standard InChI is InChI=1S/C10H13BrN2O2/c11-9-3-2-7(12)6-8(9)10(15)13-4-1-5-14/h2-3,6,14H,1,4-5,12H2,(H,13,15). The molecule has 1 amide bonds. The largest absolute Gasteiger partial charge is 0.399 e. The van der Waals surface area contributed by atoms with Gasteiger partial charge in [-0.15, -0.1) is 0 Å². The average molecular weight is 273 g/mol. The molecule has 0 aliphatic rings. The van der Waals surface area contributed by atoms with Crippen LogP contribution in [0.3, 0.4) is 0 Å². The summed E-state index contributed by atoms with van der Waals surface area (Å²) >= 11 is 3.27. The van der Waals surface area contributed by atoms with Crippen molar-refractivity contribution >= 4 is 27.5 Å². The number of nitrogens with two attached hydrogens (primary N) is 1. The molecular weight excluding hydrogens is 260 g/mol. The molecule has 0 saturated carbocycles. The van der Waals surface area contributed by atoms with Gasteiger partial charge in [0.05, 0.1) is 5.56 Å². The summed E-state index contributed by atoms with van der Waals surface area (Å²) in [4.78, 5) is 11.6. The van der Waals surface area contributed by atoms with Crippen molar-refractivity contribution in [2.24, 2.45) is 0 Å². The molecule has 0 saturated heterocycles. The van der Waals surface area contributed by atoms with Gasteiger partial charge < -0.3 is 16.2 Å². The Morgan fingerprint density at radius 3 is 2.93 bits per heavy atom. The van der Waals surface area contributed by atoms with Crippen molar-refractivity contribution in [1.82, 2.24) is 5.32 Å². The molecule has 4 nitrogen and oxygen atoms in total. The van der Waals surface area contributed by atoms with Gasteiger partial charge >= 0.3 is 0 Å². The smallest absolute Gasteiger partial charge is 0.252 e. The van der Waals surface area contributed by atoms with Gasteiger partial charge in [0.1, 0.15) is 0 Å². The van der Waals surface area contributed by atoms with Crippen LogP contribution in [0.1, 0.15) is 16.8 Å². The van der Waals surface area contributed by atoms with E-state index in [-0.39, 0.29) is 12.5 Å². The van der Waals surface area contributed by atoms with E-state index in [4.69, 9.17) is 10.8 Å². The maximum Gasteiger partial charge on any atom is 0.252 e. The Labute approximate surface area is 96.6 Å². The van der Waals surface area contributed by atoms with Crippen molar-refractivity contribution in [2.75, 3.05) is 18.9 Å². The Morgan fingerprint density at radius 1 is 1.53 bits per heavy atom. The van der Waals surface area contributed by atoms with Crippen LogP contribution in [0.25, 0.3) is 0 Å². The van der Waals surface area contributed by atoms with Crippen LogP contribution in [-0.4, -0.2) is 24.2 Å². The fraction of sp³-hybridized carbons (Fsp3) is 0.300. The minimum absolute atomic E-state index is 0.0678. The van der Waals surface area contributed by atoms with Gasteiger partial charge in [-0.2, -0.15) is 0 Å². The number of rotatable bonds is 4. The lowest BCUT2D eigenvalue weighted by Crippen LogP contribution is -2.25. The van der Waals surface area contributed by atoms with Crippen LogP contribution >= 0.6 is 15.9 Å². The first-order chi connectivity index (χ1) is 7.15. The van der Waals surface area contributed by atoms with E-state index in [0.29, 0.717) is 28.7 Å². The molecule has 82 valence electrons. The maximum absolute atomic E-state index is 11.6. The Morgan fingerprint density at radius 2 is 2.27 bits per heavy atom. The number of nitrogens with one attached hydrogen (secondary N) is 1. The van der Waals surface area contributed by atoms with E-state index >= 15 is 0 Å². The fourth-order valence-corrected chi connectivity index (χ4v) is 1.52. The highest BCUT2D eigenvalue weighted by molar-refractivity contribution is 9.10. The predicted octanol–water partition coefficient (Wildman–Crippen LogP) is 1.14. The van der Waals surface area contributed by atoms with E-state index in [0.717, 1.165) is 0 Å². The molecule has 15 heavy (non-hydrogen) atoms. The second kappa shape index (κ2) is 5.72. The number of benzene rings is 1. The number of halogens is 1. The summed E-state index contributed by atoms with van der Waals surface area (Å²) in [7, 11) is 0. The number of carbonyl (C=O) groups excluding carboxylic acids is 1. The van der Waals surface area contributed by atoms with Crippen LogP contribution in [0.4, 0.5) is 5.69 Å². The lowest BCUT2D eigenvalue weighted by Gasteiger charge is -2.06. The Kier molecular flexibility index (Phi) is 4.58. The zero-order valence-corrected chi connectivity index (χ0v) is 9.75. The van der Waals surface area contributed by atoms with Gasteiger partial charge in [-0.1, -0.05) is 0 Å². The summed E-state index contributed by atoms with van der Waals surface area (Å²) in [5.41, 5.74) is 6.63. The molecule has 0 radical (unpaired) electrons. The van der Waals surface area contributed by atoms with Crippen LogP contribution in [-0.2, 0) is 0 Å². The van der Waals surface area contributed by atoms with Gasteiger partial charge in [0.2, 0.25) is 0 Å². The summed E-state index contributed by atoms with van der Waals surface area (Å²) in [6, 6.07) is 5.06. The molecule has 1 aromatic carbocycles. The third kappa shape index (κ3) is 3.53. The SMILES string of the molecule is Nc1ccc(Br)c(C(=O)NCCCO)c1. The highest BCUT2D eigenvalue weighted by Crippen LogP contribution is 2.19. The van der Waals surface area contributed by atoms with Crippen LogP contribution < -0.4 is 11.1 Å². The highest BCUT2D eigenvalue weighted by Gasteiger charge is 2.09. The van der Waals surface area contributed by atoms with Gasteiger partial charge in [-0.25, -0.2) is 0 Å². The Bertz CT molecular complexity index is 355.